The summed E-state index contributed by atoms with van der Waals surface area (Å²) in [5.41, 5.74) is 1.53. The van der Waals surface area contributed by atoms with Crippen molar-refractivity contribution in [1.82, 2.24) is 5.32 Å². The van der Waals surface area contributed by atoms with Gasteiger partial charge in [-0.05, 0) is 38.8 Å². The van der Waals surface area contributed by atoms with Crippen LogP contribution in [0, 0.1) is 5.92 Å². The molecule has 0 bridgehead atoms. The lowest BCUT2D eigenvalue weighted by atomic mass is 10.0. The molecule has 0 aliphatic heterocycles. The number of nitrogens with one attached hydrogen (secondary N) is 2. The predicted molar refractivity (Wildman–Crippen MR) is 80.9 cm³/mol. The average Bonchev–Trinajstić information content (AvgIpc) is 2.85. The standard InChI is InChI=1S/C16H24N2O2/c1-11(2)17-15-8-4-3-7-13(15)16(20)18-14-9-5-6-12(14)10-19/h3-4,7-8,11-12,14,17,19H,5-6,9-10H2,1-2H3,(H,18,20). The fourth-order valence-corrected chi connectivity index (χ4v) is 2.81. The molecule has 0 saturated heterocycles. The Bertz CT molecular complexity index is 460. The molecule has 1 saturated carbocycles. The number of amides is 1. The summed E-state index contributed by atoms with van der Waals surface area (Å²) in [5.74, 6) is 0.142. The molecule has 1 aromatic rings. The second-order valence-corrected chi connectivity index (χ2v) is 5.80. The SMILES string of the molecule is CC(C)Nc1ccccc1C(=O)NC1CCCC1CO. The maximum absolute atomic E-state index is 12.4. The zero-order chi connectivity index (χ0) is 14.5. The van der Waals surface area contributed by atoms with Crippen molar-refractivity contribution in [3.63, 3.8) is 0 Å². The number of benzene rings is 1. The summed E-state index contributed by atoms with van der Waals surface area (Å²) < 4.78 is 0. The van der Waals surface area contributed by atoms with Crippen LogP contribution in [0.4, 0.5) is 5.69 Å². The minimum Gasteiger partial charge on any atom is -0.396 e. The third-order valence-corrected chi connectivity index (χ3v) is 3.83. The summed E-state index contributed by atoms with van der Waals surface area (Å²) in [6, 6.07) is 7.93. The van der Waals surface area contributed by atoms with Crippen LogP contribution in [0.3, 0.4) is 0 Å². The highest BCUT2D eigenvalue weighted by atomic mass is 16.3. The van der Waals surface area contributed by atoms with Gasteiger partial charge in [-0.2, -0.15) is 0 Å². The van der Waals surface area contributed by atoms with Crippen LogP contribution in [0.2, 0.25) is 0 Å². The first kappa shape index (κ1) is 14.9. The number of anilines is 1. The molecule has 0 heterocycles. The maximum Gasteiger partial charge on any atom is 0.253 e. The first-order chi connectivity index (χ1) is 9.61. The van der Waals surface area contributed by atoms with Crippen LogP contribution in [0.1, 0.15) is 43.5 Å². The summed E-state index contributed by atoms with van der Waals surface area (Å²) in [6.07, 6.45) is 3.02. The molecule has 2 rings (SSSR count). The smallest absolute Gasteiger partial charge is 0.253 e. The minimum absolute atomic E-state index is 0.0564. The highest BCUT2D eigenvalue weighted by Crippen LogP contribution is 2.26. The minimum atomic E-state index is -0.0564. The molecule has 2 unspecified atom stereocenters. The van der Waals surface area contributed by atoms with Gasteiger partial charge in [-0.1, -0.05) is 18.6 Å². The highest BCUT2D eigenvalue weighted by molar-refractivity contribution is 5.99. The molecule has 1 amide bonds. The molecule has 4 nitrogen and oxygen atoms in total. The number of hydrogen-bond acceptors (Lipinski definition) is 3. The third kappa shape index (κ3) is 3.51. The number of para-hydroxylation sites is 1. The van der Waals surface area contributed by atoms with E-state index in [2.05, 4.69) is 10.6 Å². The Hall–Kier alpha value is -1.55. The van der Waals surface area contributed by atoms with Crippen molar-refractivity contribution in [2.75, 3.05) is 11.9 Å². The number of aliphatic hydroxyl groups excluding tert-OH is 1. The van der Waals surface area contributed by atoms with Gasteiger partial charge < -0.3 is 15.7 Å². The van der Waals surface area contributed by atoms with Crippen molar-refractivity contribution >= 4 is 11.6 Å². The summed E-state index contributed by atoms with van der Waals surface area (Å²) in [5, 5.41) is 15.7. The number of hydrogen-bond donors (Lipinski definition) is 3. The molecule has 0 aromatic heterocycles. The Labute approximate surface area is 120 Å². The molecule has 0 spiro atoms. The first-order valence-corrected chi connectivity index (χ1v) is 7.39. The van der Waals surface area contributed by atoms with E-state index in [1.165, 1.54) is 0 Å². The fourth-order valence-electron chi connectivity index (χ4n) is 2.81. The first-order valence-electron chi connectivity index (χ1n) is 7.39. The van der Waals surface area contributed by atoms with Crippen molar-refractivity contribution in [2.45, 2.75) is 45.2 Å². The lowest BCUT2D eigenvalue weighted by Gasteiger charge is -2.20. The van der Waals surface area contributed by atoms with E-state index in [1.54, 1.807) is 0 Å². The van der Waals surface area contributed by atoms with E-state index in [0.717, 1.165) is 24.9 Å². The number of carbonyl (C=O) groups is 1. The quantitative estimate of drug-likeness (QED) is 0.774. The monoisotopic (exact) mass is 276 g/mol. The van der Waals surface area contributed by atoms with E-state index in [1.807, 2.05) is 38.1 Å². The van der Waals surface area contributed by atoms with Gasteiger partial charge in [0.05, 0.1) is 5.56 Å². The normalized spacial score (nSPS) is 22.0. The summed E-state index contributed by atoms with van der Waals surface area (Å²) in [4.78, 5) is 12.4. The molecule has 0 radical (unpaired) electrons. The Morgan fingerprint density at radius 1 is 1.35 bits per heavy atom. The summed E-state index contributed by atoms with van der Waals surface area (Å²) >= 11 is 0. The molecule has 1 aromatic carbocycles. The van der Waals surface area contributed by atoms with Gasteiger partial charge >= 0.3 is 0 Å². The van der Waals surface area contributed by atoms with E-state index in [0.29, 0.717) is 5.56 Å². The van der Waals surface area contributed by atoms with E-state index in [4.69, 9.17) is 0 Å². The van der Waals surface area contributed by atoms with Gasteiger partial charge in [-0.15, -0.1) is 0 Å². The van der Waals surface area contributed by atoms with E-state index < -0.39 is 0 Å². The van der Waals surface area contributed by atoms with Gasteiger partial charge in [0, 0.05) is 30.3 Å². The summed E-state index contributed by atoms with van der Waals surface area (Å²) in [7, 11) is 0. The van der Waals surface area contributed by atoms with E-state index in [-0.39, 0.29) is 30.5 Å². The van der Waals surface area contributed by atoms with Crippen LogP contribution in [-0.4, -0.2) is 29.7 Å². The van der Waals surface area contributed by atoms with Crippen LogP contribution < -0.4 is 10.6 Å². The molecule has 1 fully saturated rings. The van der Waals surface area contributed by atoms with Crippen LogP contribution in [0.25, 0.3) is 0 Å². The number of carbonyl (C=O) groups excluding carboxylic acids is 1. The van der Waals surface area contributed by atoms with Gasteiger partial charge in [0.1, 0.15) is 0 Å². The lowest BCUT2D eigenvalue weighted by molar-refractivity contribution is 0.0917. The Balaban J connectivity index is 2.09. The Morgan fingerprint density at radius 2 is 2.10 bits per heavy atom. The van der Waals surface area contributed by atoms with Gasteiger partial charge in [-0.3, -0.25) is 4.79 Å². The molecule has 20 heavy (non-hydrogen) atoms. The van der Waals surface area contributed by atoms with Gasteiger partial charge in [0.25, 0.3) is 5.91 Å². The van der Waals surface area contributed by atoms with Gasteiger partial charge in [0.2, 0.25) is 0 Å². The third-order valence-electron chi connectivity index (χ3n) is 3.83. The average molecular weight is 276 g/mol. The largest absolute Gasteiger partial charge is 0.396 e. The van der Waals surface area contributed by atoms with Crippen LogP contribution in [-0.2, 0) is 0 Å². The second-order valence-electron chi connectivity index (χ2n) is 5.80. The van der Waals surface area contributed by atoms with E-state index >= 15 is 0 Å². The fraction of sp³-hybridized carbons (Fsp3) is 0.562. The molecule has 110 valence electrons. The van der Waals surface area contributed by atoms with Crippen molar-refractivity contribution in [1.29, 1.82) is 0 Å². The Kier molecular flexibility index (Phi) is 5.01. The highest BCUT2D eigenvalue weighted by Gasteiger charge is 2.28. The van der Waals surface area contributed by atoms with Crippen molar-refractivity contribution in [3.8, 4) is 0 Å². The number of aliphatic hydroxyl groups is 1. The molecular formula is C16H24N2O2. The molecule has 3 N–H and O–H groups in total. The molecule has 4 heteroatoms. The van der Waals surface area contributed by atoms with Crippen molar-refractivity contribution in [2.24, 2.45) is 5.92 Å². The van der Waals surface area contributed by atoms with Gasteiger partial charge in [-0.25, -0.2) is 0 Å². The number of rotatable bonds is 5. The van der Waals surface area contributed by atoms with Crippen LogP contribution >= 0.6 is 0 Å². The summed E-state index contributed by atoms with van der Waals surface area (Å²) in [6.45, 7) is 4.25. The van der Waals surface area contributed by atoms with Crippen molar-refractivity contribution < 1.29 is 9.90 Å². The predicted octanol–water partition coefficient (Wildman–Crippen LogP) is 2.40. The van der Waals surface area contributed by atoms with E-state index in [9.17, 15) is 9.90 Å². The molecule has 2 atom stereocenters. The molecule has 1 aliphatic rings. The Morgan fingerprint density at radius 3 is 2.80 bits per heavy atom. The van der Waals surface area contributed by atoms with Crippen LogP contribution in [0.5, 0.6) is 0 Å². The lowest BCUT2D eigenvalue weighted by Crippen LogP contribution is -2.38. The molecule has 1 aliphatic carbocycles. The van der Waals surface area contributed by atoms with Crippen LogP contribution in [0.15, 0.2) is 24.3 Å². The zero-order valence-corrected chi connectivity index (χ0v) is 12.2. The van der Waals surface area contributed by atoms with Crippen molar-refractivity contribution in [3.05, 3.63) is 29.8 Å². The van der Waals surface area contributed by atoms with Gasteiger partial charge in [0.15, 0.2) is 0 Å². The maximum atomic E-state index is 12.4. The molecular weight excluding hydrogens is 252 g/mol. The second kappa shape index (κ2) is 6.75. The topological polar surface area (TPSA) is 61.4 Å². The zero-order valence-electron chi connectivity index (χ0n) is 12.2.